The average Bonchev–Trinajstić information content (AvgIpc) is 2.55. The van der Waals surface area contributed by atoms with E-state index in [0.717, 1.165) is 47.9 Å². The molecule has 0 amide bonds. The second kappa shape index (κ2) is 9.39. The van der Waals surface area contributed by atoms with Crippen molar-refractivity contribution in [1.29, 1.82) is 0 Å². The van der Waals surface area contributed by atoms with E-state index in [-0.39, 0.29) is 0 Å². The van der Waals surface area contributed by atoms with Gasteiger partial charge in [0.15, 0.2) is 0 Å². The van der Waals surface area contributed by atoms with Crippen molar-refractivity contribution in [1.82, 2.24) is 4.90 Å². The Labute approximate surface area is 144 Å². The number of ether oxygens (including phenoxy) is 1. The van der Waals surface area contributed by atoms with Crippen molar-refractivity contribution < 1.29 is 4.74 Å². The summed E-state index contributed by atoms with van der Waals surface area (Å²) in [6, 6.07) is 16.0. The van der Waals surface area contributed by atoms with Gasteiger partial charge in [-0.1, -0.05) is 54.1 Å². The average molecular weight is 330 g/mol. The largest absolute Gasteiger partial charge is 0.493 e. The number of nitrogens with zero attached hydrogens (tertiary/aromatic N) is 1. The molecule has 0 saturated carbocycles. The predicted molar refractivity (Wildman–Crippen MR) is 100 cm³/mol. The van der Waals surface area contributed by atoms with Crippen LogP contribution in [0.1, 0.15) is 24.0 Å². The minimum Gasteiger partial charge on any atom is -0.493 e. The van der Waals surface area contributed by atoms with Gasteiger partial charge in [0.2, 0.25) is 0 Å². The molecular formula is C20H24ClNO. The van der Waals surface area contributed by atoms with Crippen LogP contribution in [-0.4, -0.2) is 32.1 Å². The van der Waals surface area contributed by atoms with Crippen molar-refractivity contribution in [2.75, 3.05) is 27.2 Å². The second-order valence-corrected chi connectivity index (χ2v) is 6.22. The molecule has 0 spiro atoms. The zero-order chi connectivity index (χ0) is 16.5. The molecule has 0 saturated heterocycles. The number of hydrogen-bond donors (Lipinski definition) is 0. The lowest BCUT2D eigenvalue weighted by molar-refractivity contribution is 0.292. The first-order valence-electron chi connectivity index (χ1n) is 7.95. The standard InChI is InChI=1S/C20H24ClNO/c1-22(2)14-6-7-15-23-20-13-12-19(21)16-18(20)11-10-17-8-4-3-5-9-17/h3-5,8-13,16H,6-7,14-15H2,1-2H3. The Morgan fingerprint density at radius 2 is 1.78 bits per heavy atom. The predicted octanol–water partition coefficient (Wildman–Crippen LogP) is 5.23. The van der Waals surface area contributed by atoms with Crippen LogP contribution in [0.4, 0.5) is 0 Å². The van der Waals surface area contributed by atoms with Crippen molar-refractivity contribution in [3.05, 3.63) is 64.7 Å². The third-order valence-electron chi connectivity index (χ3n) is 3.48. The maximum Gasteiger partial charge on any atom is 0.126 e. The maximum atomic E-state index is 6.12. The van der Waals surface area contributed by atoms with E-state index in [2.05, 4.69) is 43.3 Å². The smallest absolute Gasteiger partial charge is 0.126 e. The summed E-state index contributed by atoms with van der Waals surface area (Å²) < 4.78 is 5.93. The third kappa shape index (κ3) is 6.47. The molecule has 0 unspecified atom stereocenters. The van der Waals surface area contributed by atoms with Crippen molar-refractivity contribution >= 4 is 23.8 Å². The van der Waals surface area contributed by atoms with Crippen LogP contribution in [0.2, 0.25) is 5.02 Å². The van der Waals surface area contributed by atoms with Crippen molar-refractivity contribution in [2.24, 2.45) is 0 Å². The van der Waals surface area contributed by atoms with Crippen LogP contribution in [0.3, 0.4) is 0 Å². The Balaban J connectivity index is 1.98. The lowest BCUT2D eigenvalue weighted by Gasteiger charge is -2.11. The summed E-state index contributed by atoms with van der Waals surface area (Å²) >= 11 is 6.12. The van der Waals surface area contributed by atoms with Crippen molar-refractivity contribution in [3.63, 3.8) is 0 Å². The van der Waals surface area contributed by atoms with Crippen LogP contribution in [-0.2, 0) is 0 Å². The summed E-state index contributed by atoms with van der Waals surface area (Å²) in [5.41, 5.74) is 2.17. The number of benzene rings is 2. The minimum atomic E-state index is 0.720. The second-order valence-electron chi connectivity index (χ2n) is 5.79. The number of hydrogen-bond acceptors (Lipinski definition) is 2. The fraction of sp³-hybridized carbons (Fsp3) is 0.300. The summed E-state index contributed by atoms with van der Waals surface area (Å²) in [6.45, 7) is 1.81. The molecule has 2 nitrogen and oxygen atoms in total. The van der Waals surface area contributed by atoms with Crippen LogP contribution < -0.4 is 4.74 Å². The van der Waals surface area contributed by atoms with E-state index in [1.54, 1.807) is 0 Å². The Kier molecular flexibility index (Phi) is 7.18. The molecule has 2 aromatic carbocycles. The molecule has 2 rings (SSSR count). The maximum absolute atomic E-state index is 6.12. The van der Waals surface area contributed by atoms with Gasteiger partial charge in [-0.05, 0) is 57.2 Å². The van der Waals surface area contributed by atoms with E-state index < -0.39 is 0 Å². The molecule has 0 fully saturated rings. The van der Waals surface area contributed by atoms with E-state index in [4.69, 9.17) is 16.3 Å². The molecule has 23 heavy (non-hydrogen) atoms. The molecule has 0 N–H and O–H groups in total. The molecule has 0 atom stereocenters. The Morgan fingerprint density at radius 3 is 2.52 bits per heavy atom. The molecule has 0 aliphatic heterocycles. The summed E-state index contributed by atoms with van der Waals surface area (Å²) in [6.07, 6.45) is 6.30. The van der Waals surface area contributed by atoms with Crippen LogP contribution in [0.25, 0.3) is 12.2 Å². The highest BCUT2D eigenvalue weighted by atomic mass is 35.5. The zero-order valence-electron chi connectivity index (χ0n) is 13.8. The van der Waals surface area contributed by atoms with E-state index in [1.165, 1.54) is 0 Å². The Bertz CT molecular complexity index is 623. The van der Waals surface area contributed by atoms with Gasteiger partial charge in [0.05, 0.1) is 6.61 Å². The Hall–Kier alpha value is -1.77. The van der Waals surface area contributed by atoms with Gasteiger partial charge in [-0.15, -0.1) is 0 Å². The molecule has 0 aliphatic carbocycles. The summed E-state index contributed by atoms with van der Waals surface area (Å²) in [5.74, 6) is 0.881. The molecule has 0 aliphatic rings. The van der Waals surface area contributed by atoms with Crippen LogP contribution >= 0.6 is 11.6 Å². The van der Waals surface area contributed by atoms with Gasteiger partial charge in [0.1, 0.15) is 5.75 Å². The van der Waals surface area contributed by atoms with Gasteiger partial charge in [-0.3, -0.25) is 0 Å². The van der Waals surface area contributed by atoms with Crippen LogP contribution in [0, 0.1) is 0 Å². The molecule has 3 heteroatoms. The summed E-state index contributed by atoms with van der Waals surface area (Å²) in [4.78, 5) is 2.19. The number of unbranched alkanes of at least 4 members (excludes halogenated alkanes) is 1. The van der Waals surface area contributed by atoms with Crippen molar-refractivity contribution in [3.8, 4) is 5.75 Å². The van der Waals surface area contributed by atoms with E-state index in [1.807, 2.05) is 36.4 Å². The quantitative estimate of drug-likeness (QED) is 0.485. The highest BCUT2D eigenvalue weighted by Crippen LogP contribution is 2.25. The van der Waals surface area contributed by atoms with Crippen molar-refractivity contribution in [2.45, 2.75) is 12.8 Å². The summed E-state index contributed by atoms with van der Waals surface area (Å²) in [5, 5.41) is 0.720. The first kappa shape index (κ1) is 17.6. The van der Waals surface area contributed by atoms with Gasteiger partial charge in [0.25, 0.3) is 0 Å². The van der Waals surface area contributed by atoms with Crippen LogP contribution in [0.15, 0.2) is 48.5 Å². The first-order chi connectivity index (χ1) is 11.1. The fourth-order valence-electron chi connectivity index (χ4n) is 2.24. The highest BCUT2D eigenvalue weighted by Gasteiger charge is 2.02. The number of rotatable bonds is 8. The third-order valence-corrected chi connectivity index (χ3v) is 3.72. The van der Waals surface area contributed by atoms with Crippen LogP contribution in [0.5, 0.6) is 5.75 Å². The van der Waals surface area contributed by atoms with Gasteiger partial charge in [-0.2, -0.15) is 0 Å². The molecular weight excluding hydrogens is 306 g/mol. The molecule has 0 heterocycles. The summed E-state index contributed by atoms with van der Waals surface area (Å²) in [7, 11) is 4.18. The topological polar surface area (TPSA) is 12.5 Å². The lowest BCUT2D eigenvalue weighted by atomic mass is 10.1. The van der Waals surface area contributed by atoms with Gasteiger partial charge < -0.3 is 9.64 Å². The Morgan fingerprint density at radius 1 is 1.00 bits per heavy atom. The van der Waals surface area contributed by atoms with Gasteiger partial charge in [-0.25, -0.2) is 0 Å². The number of halogens is 1. The molecule has 0 radical (unpaired) electrons. The van der Waals surface area contributed by atoms with E-state index >= 15 is 0 Å². The fourth-order valence-corrected chi connectivity index (χ4v) is 2.42. The highest BCUT2D eigenvalue weighted by molar-refractivity contribution is 6.30. The minimum absolute atomic E-state index is 0.720. The SMILES string of the molecule is CN(C)CCCCOc1ccc(Cl)cc1C=Cc1ccccc1. The first-order valence-corrected chi connectivity index (χ1v) is 8.33. The van der Waals surface area contributed by atoms with Gasteiger partial charge >= 0.3 is 0 Å². The zero-order valence-corrected chi connectivity index (χ0v) is 14.6. The van der Waals surface area contributed by atoms with Gasteiger partial charge in [0, 0.05) is 10.6 Å². The van der Waals surface area contributed by atoms with E-state index in [0.29, 0.717) is 0 Å². The lowest BCUT2D eigenvalue weighted by Crippen LogP contribution is -2.13. The van der Waals surface area contributed by atoms with E-state index in [9.17, 15) is 0 Å². The monoisotopic (exact) mass is 329 g/mol. The molecule has 0 aromatic heterocycles. The molecule has 122 valence electrons. The normalized spacial score (nSPS) is 11.3. The molecule has 0 bridgehead atoms. The molecule has 2 aromatic rings.